The van der Waals surface area contributed by atoms with Crippen LogP contribution in [0.25, 0.3) is 0 Å². The van der Waals surface area contributed by atoms with E-state index in [1.807, 2.05) is 18.2 Å². The number of hydrogen-bond acceptors (Lipinski definition) is 1. The highest BCUT2D eigenvalue weighted by Crippen LogP contribution is 2.51. The van der Waals surface area contributed by atoms with Crippen LogP contribution in [0.5, 0.6) is 0 Å². The second-order valence-electron chi connectivity index (χ2n) is 3.90. The standard InChI is InChI=1S/C11H14ClN/c1-2-11(13)7-10(11)8-4-3-5-9(12)6-8/h3-6,10H,2,7,13H2,1H3. The lowest BCUT2D eigenvalue weighted by molar-refractivity contribution is 0.626. The minimum Gasteiger partial charge on any atom is -0.325 e. The average molecular weight is 196 g/mol. The lowest BCUT2D eigenvalue weighted by Crippen LogP contribution is -2.22. The predicted molar refractivity (Wildman–Crippen MR) is 56.0 cm³/mol. The molecule has 0 spiro atoms. The van der Waals surface area contributed by atoms with Crippen molar-refractivity contribution in [3.05, 3.63) is 34.9 Å². The molecule has 0 saturated heterocycles. The average Bonchev–Trinajstić information content (AvgIpc) is 2.79. The van der Waals surface area contributed by atoms with E-state index in [1.54, 1.807) is 0 Å². The lowest BCUT2D eigenvalue weighted by Gasteiger charge is -2.07. The van der Waals surface area contributed by atoms with Gasteiger partial charge in [-0.15, -0.1) is 0 Å². The molecule has 2 atom stereocenters. The molecular formula is C11H14ClN. The molecule has 1 fully saturated rings. The van der Waals surface area contributed by atoms with Crippen molar-refractivity contribution in [1.29, 1.82) is 0 Å². The van der Waals surface area contributed by atoms with Crippen molar-refractivity contribution in [2.75, 3.05) is 0 Å². The zero-order valence-corrected chi connectivity index (χ0v) is 8.51. The van der Waals surface area contributed by atoms with Crippen LogP contribution in [0.15, 0.2) is 24.3 Å². The summed E-state index contributed by atoms with van der Waals surface area (Å²) < 4.78 is 0. The molecule has 2 rings (SSSR count). The second-order valence-corrected chi connectivity index (χ2v) is 4.33. The molecule has 0 aromatic heterocycles. The first-order valence-electron chi connectivity index (χ1n) is 4.70. The van der Waals surface area contributed by atoms with Crippen LogP contribution >= 0.6 is 11.6 Å². The largest absolute Gasteiger partial charge is 0.325 e. The molecule has 0 bridgehead atoms. The summed E-state index contributed by atoms with van der Waals surface area (Å²) >= 11 is 5.91. The third-order valence-corrected chi connectivity index (χ3v) is 3.26. The van der Waals surface area contributed by atoms with Crippen molar-refractivity contribution in [1.82, 2.24) is 0 Å². The Hall–Kier alpha value is -0.530. The monoisotopic (exact) mass is 195 g/mol. The molecule has 1 nitrogen and oxygen atoms in total. The van der Waals surface area contributed by atoms with E-state index in [9.17, 15) is 0 Å². The smallest absolute Gasteiger partial charge is 0.0408 e. The van der Waals surface area contributed by atoms with Crippen molar-refractivity contribution < 1.29 is 0 Å². The summed E-state index contributed by atoms with van der Waals surface area (Å²) in [7, 11) is 0. The van der Waals surface area contributed by atoms with Crippen LogP contribution in [0, 0.1) is 0 Å². The number of rotatable bonds is 2. The Labute approximate surface area is 83.9 Å². The van der Waals surface area contributed by atoms with Gasteiger partial charge in [-0.2, -0.15) is 0 Å². The highest BCUT2D eigenvalue weighted by atomic mass is 35.5. The van der Waals surface area contributed by atoms with Gasteiger partial charge in [0.1, 0.15) is 0 Å². The van der Waals surface area contributed by atoms with E-state index in [0.717, 1.165) is 17.9 Å². The van der Waals surface area contributed by atoms with Crippen LogP contribution in [0.3, 0.4) is 0 Å². The van der Waals surface area contributed by atoms with Gasteiger partial charge in [0.05, 0.1) is 0 Å². The fourth-order valence-electron chi connectivity index (χ4n) is 1.88. The second kappa shape index (κ2) is 3.00. The minimum absolute atomic E-state index is 0.0463. The van der Waals surface area contributed by atoms with Crippen LogP contribution in [0.4, 0.5) is 0 Å². The Morgan fingerprint density at radius 2 is 2.38 bits per heavy atom. The highest BCUT2D eigenvalue weighted by Gasteiger charge is 2.49. The summed E-state index contributed by atoms with van der Waals surface area (Å²) in [5, 5.41) is 0.808. The Morgan fingerprint density at radius 3 is 2.92 bits per heavy atom. The topological polar surface area (TPSA) is 26.0 Å². The highest BCUT2D eigenvalue weighted by molar-refractivity contribution is 6.30. The van der Waals surface area contributed by atoms with Crippen LogP contribution in [0.1, 0.15) is 31.2 Å². The van der Waals surface area contributed by atoms with Crippen LogP contribution in [-0.2, 0) is 0 Å². The van der Waals surface area contributed by atoms with E-state index >= 15 is 0 Å². The SMILES string of the molecule is CCC1(N)CC1c1cccc(Cl)c1. The maximum absolute atomic E-state index is 6.13. The molecule has 1 aliphatic carbocycles. The van der Waals surface area contributed by atoms with Crippen molar-refractivity contribution in [3.63, 3.8) is 0 Å². The maximum Gasteiger partial charge on any atom is 0.0408 e. The van der Waals surface area contributed by atoms with Crippen LogP contribution in [0.2, 0.25) is 5.02 Å². The fraction of sp³-hybridized carbons (Fsp3) is 0.455. The molecule has 70 valence electrons. The number of halogens is 1. The van der Waals surface area contributed by atoms with Gasteiger partial charge in [-0.25, -0.2) is 0 Å². The van der Waals surface area contributed by atoms with Crippen LogP contribution < -0.4 is 5.73 Å². The molecule has 0 amide bonds. The summed E-state index contributed by atoms with van der Waals surface area (Å²) in [6.45, 7) is 2.14. The van der Waals surface area contributed by atoms with E-state index < -0.39 is 0 Å². The normalized spacial score (nSPS) is 31.8. The van der Waals surface area contributed by atoms with Gasteiger partial charge in [0.2, 0.25) is 0 Å². The van der Waals surface area contributed by atoms with Gasteiger partial charge in [0.25, 0.3) is 0 Å². The zero-order chi connectivity index (χ0) is 9.47. The Bertz CT molecular complexity index is 324. The van der Waals surface area contributed by atoms with Gasteiger partial charge in [-0.3, -0.25) is 0 Å². The molecule has 1 saturated carbocycles. The molecule has 0 radical (unpaired) electrons. The Morgan fingerprint density at radius 1 is 1.62 bits per heavy atom. The fourth-order valence-corrected chi connectivity index (χ4v) is 2.08. The molecular weight excluding hydrogens is 182 g/mol. The Balaban J connectivity index is 2.20. The van der Waals surface area contributed by atoms with E-state index in [-0.39, 0.29) is 5.54 Å². The van der Waals surface area contributed by atoms with Crippen molar-refractivity contribution in [3.8, 4) is 0 Å². The van der Waals surface area contributed by atoms with Gasteiger partial charge in [-0.05, 0) is 30.5 Å². The van der Waals surface area contributed by atoms with Gasteiger partial charge in [-0.1, -0.05) is 30.7 Å². The lowest BCUT2D eigenvalue weighted by atomic mass is 10.1. The summed E-state index contributed by atoms with van der Waals surface area (Å²) in [5.74, 6) is 0.524. The molecule has 1 aromatic rings. The summed E-state index contributed by atoms with van der Waals surface area (Å²) in [4.78, 5) is 0. The first kappa shape index (κ1) is 9.04. The van der Waals surface area contributed by atoms with Crippen LogP contribution in [-0.4, -0.2) is 5.54 Å². The third kappa shape index (κ3) is 1.59. The van der Waals surface area contributed by atoms with Gasteiger partial charge < -0.3 is 5.73 Å². The molecule has 0 heterocycles. The Kier molecular flexibility index (Phi) is 2.09. The van der Waals surface area contributed by atoms with E-state index in [4.69, 9.17) is 17.3 Å². The quantitative estimate of drug-likeness (QED) is 0.772. The van der Waals surface area contributed by atoms with Gasteiger partial charge in [0, 0.05) is 16.5 Å². The summed E-state index contributed by atoms with van der Waals surface area (Å²) in [6, 6.07) is 8.03. The molecule has 13 heavy (non-hydrogen) atoms. The van der Waals surface area contributed by atoms with E-state index in [0.29, 0.717) is 5.92 Å². The first-order valence-corrected chi connectivity index (χ1v) is 5.08. The first-order chi connectivity index (χ1) is 6.15. The summed E-state index contributed by atoms with van der Waals surface area (Å²) in [6.07, 6.45) is 2.15. The molecule has 0 aliphatic heterocycles. The summed E-state index contributed by atoms with van der Waals surface area (Å²) in [5.41, 5.74) is 7.46. The number of benzene rings is 1. The van der Waals surface area contributed by atoms with E-state index in [1.165, 1.54) is 5.56 Å². The molecule has 2 unspecified atom stereocenters. The van der Waals surface area contributed by atoms with Gasteiger partial charge >= 0.3 is 0 Å². The molecule has 2 N–H and O–H groups in total. The van der Waals surface area contributed by atoms with Crippen molar-refractivity contribution >= 4 is 11.6 Å². The predicted octanol–water partition coefficient (Wildman–Crippen LogP) is 2.93. The zero-order valence-electron chi connectivity index (χ0n) is 7.76. The molecule has 1 aliphatic rings. The van der Waals surface area contributed by atoms with Gasteiger partial charge in [0.15, 0.2) is 0 Å². The molecule has 1 aromatic carbocycles. The van der Waals surface area contributed by atoms with E-state index in [2.05, 4.69) is 13.0 Å². The van der Waals surface area contributed by atoms with Crippen molar-refractivity contribution in [2.24, 2.45) is 5.73 Å². The number of hydrogen-bond donors (Lipinski definition) is 1. The third-order valence-electron chi connectivity index (χ3n) is 3.03. The molecule has 2 heteroatoms. The maximum atomic E-state index is 6.13. The number of nitrogens with two attached hydrogens (primary N) is 1. The minimum atomic E-state index is 0.0463. The van der Waals surface area contributed by atoms with Crippen molar-refractivity contribution in [2.45, 2.75) is 31.2 Å².